The molecule has 7 nitrogen and oxygen atoms in total. The van der Waals surface area contributed by atoms with Gasteiger partial charge in [-0.1, -0.05) is 18.9 Å². The zero-order valence-corrected chi connectivity index (χ0v) is 15.0. The Labute approximate surface area is 157 Å². The largest absolute Gasteiger partial charge is 0.352 e. The summed E-state index contributed by atoms with van der Waals surface area (Å²) in [6, 6.07) is 8.44. The Hall–Kier alpha value is -3.14. The van der Waals surface area contributed by atoms with Gasteiger partial charge in [0.1, 0.15) is 6.04 Å². The fourth-order valence-electron chi connectivity index (χ4n) is 3.93. The first-order valence-electron chi connectivity index (χ1n) is 9.26. The molecule has 0 radical (unpaired) electrons. The van der Waals surface area contributed by atoms with Crippen LogP contribution in [-0.2, 0) is 11.3 Å². The molecule has 2 aliphatic rings. The van der Waals surface area contributed by atoms with E-state index >= 15 is 0 Å². The Balaban J connectivity index is 1.56. The Morgan fingerprint density at radius 1 is 1.26 bits per heavy atom. The number of benzene rings is 1. The van der Waals surface area contributed by atoms with Crippen molar-refractivity contribution in [1.29, 1.82) is 5.26 Å². The average molecular weight is 363 g/mol. The lowest BCUT2D eigenvalue weighted by Gasteiger charge is -2.34. The average Bonchev–Trinajstić information content (AvgIpc) is 3.38. The molecule has 0 spiro atoms. The number of carbonyl (C=O) groups excluding carboxylic acids is 2. The Bertz CT molecular complexity index is 907. The van der Waals surface area contributed by atoms with Crippen molar-refractivity contribution in [2.24, 2.45) is 0 Å². The molecule has 0 saturated heterocycles. The number of amides is 2. The Morgan fingerprint density at radius 2 is 2.07 bits per heavy atom. The van der Waals surface area contributed by atoms with Gasteiger partial charge in [-0.05, 0) is 31.0 Å². The standard InChI is InChI=1S/C20H21N5O2/c21-9-14-4-3-5-15(8-14)20(27)24-11-17-10-22-13-25(17)18(12-24)19(26)23-16-6-1-2-7-16/h3-5,8,10,13,16,18H,1-2,6-7,11-12H2,(H,23,26). The van der Waals surface area contributed by atoms with Crippen molar-refractivity contribution in [3.8, 4) is 6.07 Å². The predicted octanol–water partition coefficient (Wildman–Crippen LogP) is 2.01. The van der Waals surface area contributed by atoms with E-state index in [-0.39, 0.29) is 24.4 Å². The van der Waals surface area contributed by atoms with Gasteiger partial charge >= 0.3 is 0 Å². The molecule has 27 heavy (non-hydrogen) atoms. The zero-order valence-electron chi connectivity index (χ0n) is 15.0. The first-order chi connectivity index (χ1) is 13.2. The maximum atomic E-state index is 13.0. The molecule has 1 atom stereocenters. The molecular weight excluding hydrogens is 342 g/mol. The third-order valence-corrected chi connectivity index (χ3v) is 5.36. The van der Waals surface area contributed by atoms with E-state index < -0.39 is 6.04 Å². The summed E-state index contributed by atoms with van der Waals surface area (Å²) in [6.45, 7) is 0.681. The first kappa shape index (κ1) is 17.3. The van der Waals surface area contributed by atoms with E-state index in [0.29, 0.717) is 17.7 Å². The summed E-state index contributed by atoms with van der Waals surface area (Å²) in [4.78, 5) is 31.7. The summed E-state index contributed by atoms with van der Waals surface area (Å²) in [5.74, 6) is -0.248. The second-order valence-corrected chi connectivity index (χ2v) is 7.18. The van der Waals surface area contributed by atoms with Crippen molar-refractivity contribution in [2.75, 3.05) is 6.54 Å². The summed E-state index contributed by atoms with van der Waals surface area (Å²) in [5, 5.41) is 12.2. The third-order valence-electron chi connectivity index (χ3n) is 5.36. The molecule has 1 aliphatic carbocycles. The van der Waals surface area contributed by atoms with E-state index in [2.05, 4.69) is 16.4 Å². The number of carbonyl (C=O) groups is 2. The second-order valence-electron chi connectivity index (χ2n) is 7.18. The van der Waals surface area contributed by atoms with Crippen LogP contribution in [0, 0.1) is 11.3 Å². The fraction of sp³-hybridized carbons (Fsp3) is 0.400. The SMILES string of the molecule is N#Cc1cccc(C(=O)N2Cc3cncn3C(C(=O)NC3CCCC3)C2)c1. The molecular formula is C20H21N5O2. The highest BCUT2D eigenvalue weighted by atomic mass is 16.2. The minimum absolute atomic E-state index is 0.0653. The molecule has 1 aliphatic heterocycles. The lowest BCUT2D eigenvalue weighted by molar-refractivity contribution is -0.126. The molecule has 2 amide bonds. The molecule has 0 bridgehead atoms. The van der Waals surface area contributed by atoms with Crippen molar-refractivity contribution in [1.82, 2.24) is 19.8 Å². The number of nitrogens with one attached hydrogen (secondary N) is 1. The summed E-state index contributed by atoms with van der Waals surface area (Å²) in [7, 11) is 0. The monoisotopic (exact) mass is 363 g/mol. The molecule has 1 N–H and O–H groups in total. The molecule has 2 heterocycles. The molecule has 7 heteroatoms. The van der Waals surface area contributed by atoms with Crippen LogP contribution >= 0.6 is 0 Å². The van der Waals surface area contributed by atoms with Crippen molar-refractivity contribution in [3.05, 3.63) is 53.6 Å². The van der Waals surface area contributed by atoms with Gasteiger partial charge in [0.2, 0.25) is 5.91 Å². The van der Waals surface area contributed by atoms with Crippen LogP contribution in [0.5, 0.6) is 0 Å². The van der Waals surface area contributed by atoms with Gasteiger partial charge in [-0.15, -0.1) is 0 Å². The van der Waals surface area contributed by atoms with Crippen molar-refractivity contribution < 1.29 is 9.59 Å². The summed E-state index contributed by atoms with van der Waals surface area (Å²) in [6.07, 6.45) is 7.67. The minimum atomic E-state index is -0.486. The van der Waals surface area contributed by atoms with Crippen LogP contribution in [0.25, 0.3) is 0 Å². The van der Waals surface area contributed by atoms with Gasteiger partial charge in [0.05, 0.1) is 36.7 Å². The highest BCUT2D eigenvalue weighted by Gasteiger charge is 2.34. The first-order valence-corrected chi connectivity index (χ1v) is 9.26. The maximum Gasteiger partial charge on any atom is 0.254 e. The maximum absolute atomic E-state index is 13.0. The highest BCUT2D eigenvalue weighted by Crippen LogP contribution is 2.24. The van der Waals surface area contributed by atoms with Crippen LogP contribution < -0.4 is 5.32 Å². The van der Waals surface area contributed by atoms with Crippen LogP contribution in [0.1, 0.15) is 53.3 Å². The third kappa shape index (κ3) is 3.43. The van der Waals surface area contributed by atoms with Crippen LogP contribution in [0.4, 0.5) is 0 Å². The smallest absolute Gasteiger partial charge is 0.254 e. The van der Waals surface area contributed by atoms with E-state index in [1.807, 2.05) is 4.57 Å². The minimum Gasteiger partial charge on any atom is -0.352 e. The quantitative estimate of drug-likeness (QED) is 0.903. The van der Waals surface area contributed by atoms with E-state index in [1.165, 1.54) is 0 Å². The number of nitriles is 1. The van der Waals surface area contributed by atoms with Crippen molar-refractivity contribution >= 4 is 11.8 Å². The van der Waals surface area contributed by atoms with E-state index in [9.17, 15) is 9.59 Å². The second kappa shape index (κ2) is 7.23. The van der Waals surface area contributed by atoms with Crippen LogP contribution in [-0.4, -0.2) is 38.9 Å². The van der Waals surface area contributed by atoms with Gasteiger partial charge < -0.3 is 14.8 Å². The summed E-state index contributed by atoms with van der Waals surface area (Å²) >= 11 is 0. The van der Waals surface area contributed by atoms with Gasteiger partial charge in [-0.25, -0.2) is 4.98 Å². The van der Waals surface area contributed by atoms with Gasteiger partial charge in [-0.3, -0.25) is 9.59 Å². The molecule has 1 aromatic carbocycles. The number of hydrogen-bond donors (Lipinski definition) is 1. The zero-order chi connectivity index (χ0) is 18.8. The van der Waals surface area contributed by atoms with E-state index in [0.717, 1.165) is 31.4 Å². The number of rotatable bonds is 3. The van der Waals surface area contributed by atoms with E-state index in [4.69, 9.17) is 5.26 Å². The fourth-order valence-corrected chi connectivity index (χ4v) is 3.93. The summed E-state index contributed by atoms with van der Waals surface area (Å²) < 4.78 is 1.86. The number of hydrogen-bond acceptors (Lipinski definition) is 4. The molecule has 1 saturated carbocycles. The highest BCUT2D eigenvalue weighted by molar-refractivity contribution is 5.95. The topological polar surface area (TPSA) is 91.0 Å². The number of fused-ring (bicyclic) bond motifs is 1. The van der Waals surface area contributed by atoms with Crippen LogP contribution in [0.15, 0.2) is 36.8 Å². The molecule has 138 valence electrons. The summed E-state index contributed by atoms with van der Waals surface area (Å²) in [5.41, 5.74) is 1.73. The van der Waals surface area contributed by atoms with Crippen molar-refractivity contribution in [2.45, 2.75) is 44.3 Å². The van der Waals surface area contributed by atoms with Gasteiger partial charge in [0.15, 0.2) is 0 Å². The van der Waals surface area contributed by atoms with Gasteiger partial charge in [-0.2, -0.15) is 5.26 Å². The van der Waals surface area contributed by atoms with Gasteiger partial charge in [0.25, 0.3) is 5.91 Å². The normalized spacial score (nSPS) is 19.4. The lowest BCUT2D eigenvalue weighted by atomic mass is 10.1. The molecule has 1 fully saturated rings. The van der Waals surface area contributed by atoms with Crippen LogP contribution in [0.2, 0.25) is 0 Å². The predicted molar refractivity (Wildman–Crippen MR) is 97.6 cm³/mol. The molecule has 4 rings (SSSR count). The Morgan fingerprint density at radius 3 is 2.85 bits per heavy atom. The number of aromatic nitrogens is 2. The molecule has 1 unspecified atom stereocenters. The molecule has 1 aromatic heterocycles. The number of imidazole rings is 1. The van der Waals surface area contributed by atoms with E-state index in [1.54, 1.807) is 41.7 Å². The van der Waals surface area contributed by atoms with Gasteiger partial charge in [0, 0.05) is 17.8 Å². The van der Waals surface area contributed by atoms with Crippen molar-refractivity contribution in [3.63, 3.8) is 0 Å². The molecule has 2 aromatic rings. The number of nitrogens with zero attached hydrogens (tertiary/aromatic N) is 4. The lowest BCUT2D eigenvalue weighted by Crippen LogP contribution is -2.48. The Kier molecular flexibility index (Phi) is 4.63. The van der Waals surface area contributed by atoms with Crippen LogP contribution in [0.3, 0.4) is 0 Å².